The molecule has 8 heteroatoms. The van der Waals surface area contributed by atoms with E-state index in [9.17, 15) is 23.9 Å². The van der Waals surface area contributed by atoms with Gasteiger partial charge in [0.05, 0.1) is 10.9 Å². The molecule has 33 heavy (non-hydrogen) atoms. The summed E-state index contributed by atoms with van der Waals surface area (Å²) in [7, 11) is 0. The summed E-state index contributed by atoms with van der Waals surface area (Å²) in [6, 6.07) is 10.7. The lowest BCUT2D eigenvalue weighted by Crippen LogP contribution is -2.44. The molecule has 0 spiro atoms. The zero-order valence-electron chi connectivity index (χ0n) is 18.0. The van der Waals surface area contributed by atoms with Crippen LogP contribution in [-0.2, 0) is 16.0 Å². The molecule has 0 saturated carbocycles. The van der Waals surface area contributed by atoms with Gasteiger partial charge in [-0.25, -0.2) is 9.18 Å². The molecule has 2 aromatic carbocycles. The summed E-state index contributed by atoms with van der Waals surface area (Å²) in [6.45, 7) is 2.59. The largest absolute Gasteiger partial charge is 0.481 e. The van der Waals surface area contributed by atoms with Gasteiger partial charge in [-0.15, -0.1) is 0 Å². The Bertz CT molecular complexity index is 1290. The van der Waals surface area contributed by atoms with Gasteiger partial charge in [0, 0.05) is 41.6 Å². The molecular weight excluding hydrogens is 449 g/mol. The van der Waals surface area contributed by atoms with Crippen LogP contribution in [0.1, 0.15) is 25.3 Å². The Balaban J connectivity index is 1.59. The fraction of sp³-hybridized carbons (Fsp3) is 0.320. The van der Waals surface area contributed by atoms with E-state index in [-0.39, 0.29) is 23.4 Å². The summed E-state index contributed by atoms with van der Waals surface area (Å²) < 4.78 is 18.9. The molecule has 1 aromatic heterocycles. The van der Waals surface area contributed by atoms with E-state index in [1.54, 1.807) is 17.0 Å². The molecule has 2 heterocycles. The third-order valence-corrected chi connectivity index (χ3v) is 6.39. The van der Waals surface area contributed by atoms with Gasteiger partial charge in [0.25, 0.3) is 0 Å². The zero-order chi connectivity index (χ0) is 23.7. The van der Waals surface area contributed by atoms with Crippen LogP contribution in [0.25, 0.3) is 22.1 Å². The molecule has 1 aliphatic rings. The van der Waals surface area contributed by atoms with Gasteiger partial charge in [-0.05, 0) is 49.1 Å². The van der Waals surface area contributed by atoms with Crippen LogP contribution >= 0.6 is 11.6 Å². The van der Waals surface area contributed by atoms with E-state index < -0.39 is 23.3 Å². The number of amides is 1. The Kier molecular flexibility index (Phi) is 6.51. The van der Waals surface area contributed by atoms with Crippen molar-refractivity contribution in [2.45, 2.75) is 26.2 Å². The number of carboxylic acids is 1. The molecule has 2 atom stereocenters. The summed E-state index contributed by atoms with van der Waals surface area (Å²) in [4.78, 5) is 38.0. The molecule has 0 aliphatic carbocycles. The van der Waals surface area contributed by atoms with Crippen LogP contribution in [0.15, 0.2) is 51.7 Å². The Morgan fingerprint density at radius 2 is 2.00 bits per heavy atom. The number of fused-ring (bicyclic) bond motifs is 1. The minimum absolute atomic E-state index is 0.0886. The first-order chi connectivity index (χ1) is 15.7. The number of aliphatic carboxylic acids is 1. The highest BCUT2D eigenvalue weighted by molar-refractivity contribution is 6.33. The van der Waals surface area contributed by atoms with E-state index in [1.165, 1.54) is 24.3 Å². The Labute approximate surface area is 194 Å². The van der Waals surface area contributed by atoms with E-state index in [4.69, 9.17) is 16.0 Å². The summed E-state index contributed by atoms with van der Waals surface area (Å²) in [5, 5.41) is 10.1. The first-order valence-electron chi connectivity index (χ1n) is 10.8. The molecule has 1 aliphatic heterocycles. The Morgan fingerprint density at radius 1 is 1.21 bits per heavy atom. The van der Waals surface area contributed by atoms with Crippen molar-refractivity contribution in [2.24, 2.45) is 11.8 Å². The molecule has 172 valence electrons. The number of hydrogen-bond donors (Lipinski definition) is 1. The van der Waals surface area contributed by atoms with Crippen LogP contribution < -0.4 is 5.63 Å². The number of rotatable bonds is 5. The van der Waals surface area contributed by atoms with Gasteiger partial charge in [-0.2, -0.15) is 0 Å². The van der Waals surface area contributed by atoms with Crippen molar-refractivity contribution >= 4 is 34.4 Å². The molecule has 1 fully saturated rings. The maximum atomic E-state index is 13.5. The van der Waals surface area contributed by atoms with Crippen molar-refractivity contribution in [3.63, 3.8) is 0 Å². The summed E-state index contributed by atoms with van der Waals surface area (Å²) in [5.74, 6) is -2.32. The predicted octanol–water partition coefficient (Wildman–Crippen LogP) is 4.75. The number of carboxylic acid groups (broad SMARTS) is 1. The topological polar surface area (TPSA) is 87.8 Å². The Morgan fingerprint density at radius 3 is 2.73 bits per heavy atom. The molecule has 0 radical (unpaired) electrons. The lowest BCUT2D eigenvalue weighted by Gasteiger charge is -2.32. The lowest BCUT2D eigenvalue weighted by atomic mass is 9.94. The molecule has 1 amide bonds. The number of piperidine rings is 1. The fourth-order valence-corrected chi connectivity index (χ4v) is 4.67. The molecule has 1 saturated heterocycles. The van der Waals surface area contributed by atoms with Gasteiger partial charge in [-0.1, -0.05) is 30.7 Å². The first kappa shape index (κ1) is 23.0. The van der Waals surface area contributed by atoms with Gasteiger partial charge in [0.2, 0.25) is 5.91 Å². The van der Waals surface area contributed by atoms with Gasteiger partial charge < -0.3 is 14.4 Å². The highest BCUT2D eigenvalue weighted by Crippen LogP contribution is 2.33. The maximum absolute atomic E-state index is 13.5. The van der Waals surface area contributed by atoms with Crippen LogP contribution in [0.4, 0.5) is 4.39 Å². The van der Waals surface area contributed by atoms with Crippen LogP contribution in [0.3, 0.4) is 0 Å². The highest BCUT2D eigenvalue weighted by Gasteiger charge is 2.30. The lowest BCUT2D eigenvalue weighted by molar-refractivity contribution is -0.146. The predicted molar refractivity (Wildman–Crippen MR) is 123 cm³/mol. The van der Waals surface area contributed by atoms with Gasteiger partial charge in [0.1, 0.15) is 11.4 Å². The standard InChI is InChI=1S/C25H23ClFNO5/c1-14(24(30)28-8-2-3-16(13-28)25(31)32)9-15-4-6-19-20(12-23(29)33-22(19)10-15)18-7-5-17(27)11-21(18)26/h4-7,10-12,14,16H,2-3,8-9,13H2,1H3,(H,31,32)/t14-,16-/m0/s1. The first-order valence-corrected chi connectivity index (χ1v) is 11.1. The molecule has 1 N–H and O–H groups in total. The van der Waals surface area contributed by atoms with Gasteiger partial charge >= 0.3 is 11.6 Å². The third-order valence-electron chi connectivity index (χ3n) is 6.08. The zero-order valence-corrected chi connectivity index (χ0v) is 18.8. The molecule has 0 bridgehead atoms. The summed E-state index contributed by atoms with van der Waals surface area (Å²) in [6.07, 6.45) is 1.66. The van der Waals surface area contributed by atoms with Gasteiger partial charge in [0.15, 0.2) is 0 Å². The monoisotopic (exact) mass is 471 g/mol. The van der Waals surface area contributed by atoms with Crippen molar-refractivity contribution in [1.29, 1.82) is 0 Å². The van der Waals surface area contributed by atoms with E-state index in [2.05, 4.69) is 0 Å². The number of benzene rings is 2. The van der Waals surface area contributed by atoms with Crippen LogP contribution in [-0.4, -0.2) is 35.0 Å². The number of nitrogens with zero attached hydrogens (tertiary/aromatic N) is 1. The smallest absolute Gasteiger partial charge is 0.336 e. The van der Waals surface area contributed by atoms with Crippen LogP contribution in [0, 0.1) is 17.7 Å². The van der Waals surface area contributed by atoms with Crippen molar-refractivity contribution in [2.75, 3.05) is 13.1 Å². The van der Waals surface area contributed by atoms with Crippen LogP contribution in [0.2, 0.25) is 5.02 Å². The average Bonchev–Trinajstić information content (AvgIpc) is 2.78. The number of carbonyl (C=O) groups is 2. The third kappa shape index (κ3) is 4.93. The quantitative estimate of drug-likeness (QED) is 0.542. The van der Waals surface area contributed by atoms with Crippen LogP contribution in [0.5, 0.6) is 0 Å². The van der Waals surface area contributed by atoms with Crippen molar-refractivity contribution in [3.05, 3.63) is 69.3 Å². The molecule has 0 unspecified atom stereocenters. The second kappa shape index (κ2) is 9.35. The van der Waals surface area contributed by atoms with E-state index in [0.717, 1.165) is 5.56 Å². The average molecular weight is 472 g/mol. The number of halogens is 2. The second-order valence-corrected chi connectivity index (χ2v) is 8.91. The summed E-state index contributed by atoms with van der Waals surface area (Å²) in [5.41, 5.74) is 1.65. The van der Waals surface area contributed by atoms with E-state index in [0.29, 0.717) is 47.9 Å². The van der Waals surface area contributed by atoms with Crippen molar-refractivity contribution < 1.29 is 23.5 Å². The van der Waals surface area contributed by atoms with Crippen molar-refractivity contribution in [3.8, 4) is 11.1 Å². The Hall–Kier alpha value is -3.19. The van der Waals surface area contributed by atoms with E-state index in [1.807, 2.05) is 13.0 Å². The molecule has 6 nitrogen and oxygen atoms in total. The minimum Gasteiger partial charge on any atom is -0.481 e. The normalized spacial score (nSPS) is 17.2. The number of carbonyl (C=O) groups excluding carboxylic acids is 1. The molecule has 3 aromatic rings. The minimum atomic E-state index is -0.873. The SMILES string of the molecule is C[C@@H](Cc1ccc2c(-c3ccc(F)cc3Cl)cc(=O)oc2c1)C(=O)N1CCC[C@H](C(=O)O)C1. The second-order valence-electron chi connectivity index (χ2n) is 8.50. The molecule has 4 rings (SSSR count). The number of likely N-dealkylation sites (tertiary alicyclic amines) is 1. The number of hydrogen-bond acceptors (Lipinski definition) is 4. The maximum Gasteiger partial charge on any atom is 0.336 e. The molecular formula is C25H23ClFNO5. The summed E-state index contributed by atoms with van der Waals surface area (Å²) >= 11 is 6.20. The highest BCUT2D eigenvalue weighted by atomic mass is 35.5. The van der Waals surface area contributed by atoms with Crippen molar-refractivity contribution in [1.82, 2.24) is 4.90 Å². The van der Waals surface area contributed by atoms with Gasteiger partial charge in [-0.3, -0.25) is 9.59 Å². The fourth-order valence-electron chi connectivity index (χ4n) is 4.40. The van der Waals surface area contributed by atoms with E-state index >= 15 is 0 Å².